The van der Waals surface area contributed by atoms with E-state index in [4.69, 9.17) is 4.74 Å². The van der Waals surface area contributed by atoms with Gasteiger partial charge in [-0.2, -0.15) is 5.10 Å². The third-order valence-corrected chi connectivity index (χ3v) is 3.34. The first kappa shape index (κ1) is 13.9. The van der Waals surface area contributed by atoms with E-state index in [0.717, 1.165) is 31.4 Å². The number of hydrogen-bond acceptors (Lipinski definition) is 3. The average molecular weight is 266 g/mol. The number of carbonyl (C=O) groups is 1. The number of nitrogens with zero attached hydrogens (tertiary/aromatic N) is 2. The number of rotatable bonds is 5. The van der Waals surface area contributed by atoms with Gasteiger partial charge in [-0.1, -0.05) is 0 Å². The van der Waals surface area contributed by atoms with Crippen LogP contribution in [0.1, 0.15) is 25.3 Å². The molecule has 0 unspecified atom stereocenters. The van der Waals surface area contributed by atoms with Gasteiger partial charge in [0.15, 0.2) is 0 Å². The summed E-state index contributed by atoms with van der Waals surface area (Å²) in [5, 5.41) is 9.86. The minimum atomic E-state index is -0.133. The number of aryl methyl sites for hydroxylation is 1. The Kier molecular flexibility index (Phi) is 4.79. The fourth-order valence-corrected chi connectivity index (χ4v) is 2.27. The number of amides is 2. The highest BCUT2D eigenvalue weighted by Crippen LogP contribution is 2.15. The van der Waals surface area contributed by atoms with Crippen molar-refractivity contribution in [3.05, 3.63) is 18.0 Å². The van der Waals surface area contributed by atoms with Crippen molar-refractivity contribution in [1.29, 1.82) is 0 Å². The Bertz CT molecular complexity index is 413. The molecule has 0 bridgehead atoms. The molecule has 6 nitrogen and oxygen atoms in total. The summed E-state index contributed by atoms with van der Waals surface area (Å²) in [7, 11) is 1.88. The van der Waals surface area contributed by atoms with Crippen LogP contribution in [0.3, 0.4) is 0 Å². The Hall–Kier alpha value is -1.56. The van der Waals surface area contributed by atoms with Crippen molar-refractivity contribution in [3.8, 4) is 0 Å². The maximum Gasteiger partial charge on any atom is 0.315 e. The van der Waals surface area contributed by atoms with Crippen LogP contribution in [0.5, 0.6) is 0 Å². The van der Waals surface area contributed by atoms with Crippen LogP contribution in [0, 0.1) is 0 Å². The van der Waals surface area contributed by atoms with Gasteiger partial charge in [0.1, 0.15) is 0 Å². The highest BCUT2D eigenvalue weighted by Gasteiger charge is 2.23. The summed E-state index contributed by atoms with van der Waals surface area (Å²) >= 11 is 0. The van der Waals surface area contributed by atoms with E-state index in [1.807, 2.05) is 26.4 Å². The lowest BCUT2D eigenvalue weighted by Gasteiger charge is -2.20. The minimum absolute atomic E-state index is 0.0564. The second-order valence-corrected chi connectivity index (χ2v) is 5.01. The summed E-state index contributed by atoms with van der Waals surface area (Å²) in [6.45, 7) is 3.39. The molecular weight excluding hydrogens is 244 g/mol. The van der Waals surface area contributed by atoms with Crippen molar-refractivity contribution in [2.45, 2.75) is 38.3 Å². The van der Waals surface area contributed by atoms with E-state index < -0.39 is 0 Å². The van der Waals surface area contributed by atoms with Gasteiger partial charge in [-0.05, 0) is 31.7 Å². The van der Waals surface area contributed by atoms with Gasteiger partial charge in [-0.3, -0.25) is 4.68 Å². The molecule has 106 valence electrons. The van der Waals surface area contributed by atoms with Crippen LogP contribution in [0.25, 0.3) is 0 Å². The highest BCUT2D eigenvalue weighted by molar-refractivity contribution is 5.74. The Balaban J connectivity index is 1.64. The van der Waals surface area contributed by atoms with Crippen LogP contribution < -0.4 is 10.6 Å². The molecule has 0 aromatic carbocycles. The van der Waals surface area contributed by atoms with E-state index in [2.05, 4.69) is 15.7 Å². The van der Waals surface area contributed by atoms with Crippen molar-refractivity contribution in [1.82, 2.24) is 20.4 Å². The Morgan fingerprint density at radius 3 is 3.16 bits per heavy atom. The predicted molar refractivity (Wildman–Crippen MR) is 71.9 cm³/mol. The van der Waals surface area contributed by atoms with E-state index >= 15 is 0 Å². The second kappa shape index (κ2) is 6.56. The lowest BCUT2D eigenvalue weighted by atomic mass is 10.1. The number of aromatic nitrogens is 2. The molecule has 2 rings (SSSR count). The zero-order valence-corrected chi connectivity index (χ0v) is 11.6. The smallest absolute Gasteiger partial charge is 0.315 e. The monoisotopic (exact) mass is 266 g/mol. The molecule has 6 heteroatoms. The van der Waals surface area contributed by atoms with Crippen molar-refractivity contribution in [2.75, 3.05) is 13.2 Å². The van der Waals surface area contributed by atoms with Crippen LogP contribution in [0.15, 0.2) is 12.4 Å². The number of carbonyl (C=O) groups excluding carboxylic acids is 1. The van der Waals surface area contributed by atoms with Crippen LogP contribution in [-0.4, -0.2) is 41.1 Å². The zero-order chi connectivity index (χ0) is 13.7. The van der Waals surface area contributed by atoms with Crippen LogP contribution in [0.2, 0.25) is 0 Å². The Morgan fingerprint density at radius 1 is 1.68 bits per heavy atom. The molecular formula is C13H22N4O2. The maximum absolute atomic E-state index is 11.7. The SMILES string of the molecule is C[C@H](NC(=O)NCCc1cnn(C)c1)[C@H]1CCCO1. The van der Waals surface area contributed by atoms with Gasteiger partial charge in [-0.15, -0.1) is 0 Å². The molecule has 1 saturated heterocycles. The second-order valence-electron chi connectivity index (χ2n) is 5.01. The molecule has 1 aromatic heterocycles. The zero-order valence-electron chi connectivity index (χ0n) is 11.6. The predicted octanol–water partition coefficient (Wildman–Crippen LogP) is 0.829. The molecule has 2 atom stereocenters. The van der Waals surface area contributed by atoms with Gasteiger partial charge in [0.05, 0.1) is 18.3 Å². The quantitative estimate of drug-likeness (QED) is 0.829. The van der Waals surface area contributed by atoms with Gasteiger partial charge < -0.3 is 15.4 Å². The standard InChI is InChI=1S/C13H22N4O2/c1-10(12-4-3-7-19-12)16-13(18)14-6-5-11-8-15-17(2)9-11/h8-10,12H,3-7H2,1-2H3,(H2,14,16,18)/t10-,12+/m0/s1. The van der Waals surface area contributed by atoms with Crippen LogP contribution in [-0.2, 0) is 18.2 Å². The van der Waals surface area contributed by atoms with Crippen molar-refractivity contribution < 1.29 is 9.53 Å². The van der Waals surface area contributed by atoms with E-state index in [9.17, 15) is 4.79 Å². The molecule has 19 heavy (non-hydrogen) atoms. The Morgan fingerprint density at radius 2 is 2.53 bits per heavy atom. The number of urea groups is 1. The fourth-order valence-electron chi connectivity index (χ4n) is 2.27. The van der Waals surface area contributed by atoms with Crippen molar-refractivity contribution >= 4 is 6.03 Å². The van der Waals surface area contributed by atoms with Gasteiger partial charge in [0.25, 0.3) is 0 Å². The molecule has 2 N–H and O–H groups in total. The third-order valence-electron chi connectivity index (χ3n) is 3.34. The van der Waals surface area contributed by atoms with Crippen LogP contribution >= 0.6 is 0 Å². The number of nitrogens with one attached hydrogen (secondary N) is 2. The maximum atomic E-state index is 11.7. The first-order valence-electron chi connectivity index (χ1n) is 6.78. The molecule has 2 amide bonds. The molecule has 1 aliphatic rings. The fraction of sp³-hybridized carbons (Fsp3) is 0.692. The van der Waals surface area contributed by atoms with E-state index in [-0.39, 0.29) is 18.2 Å². The minimum Gasteiger partial charge on any atom is -0.376 e. The number of ether oxygens (including phenoxy) is 1. The first-order valence-corrected chi connectivity index (χ1v) is 6.78. The molecule has 1 aliphatic heterocycles. The van der Waals surface area contributed by atoms with Crippen LogP contribution in [0.4, 0.5) is 4.79 Å². The molecule has 0 radical (unpaired) electrons. The summed E-state index contributed by atoms with van der Waals surface area (Å²) in [5.41, 5.74) is 1.12. The van der Waals surface area contributed by atoms with E-state index in [1.165, 1.54) is 0 Å². The molecule has 1 fully saturated rings. The average Bonchev–Trinajstić information content (AvgIpc) is 3.00. The first-order chi connectivity index (χ1) is 9.15. The van der Waals surface area contributed by atoms with Gasteiger partial charge in [-0.25, -0.2) is 4.79 Å². The van der Waals surface area contributed by atoms with Gasteiger partial charge in [0, 0.05) is 26.4 Å². The summed E-state index contributed by atoms with van der Waals surface area (Å²) in [5.74, 6) is 0. The van der Waals surface area contributed by atoms with E-state index in [0.29, 0.717) is 6.54 Å². The van der Waals surface area contributed by atoms with E-state index in [1.54, 1.807) is 4.68 Å². The summed E-state index contributed by atoms with van der Waals surface area (Å²) in [6.07, 6.45) is 6.82. The third kappa shape index (κ3) is 4.24. The molecule has 2 heterocycles. The summed E-state index contributed by atoms with van der Waals surface area (Å²) in [4.78, 5) is 11.7. The highest BCUT2D eigenvalue weighted by atomic mass is 16.5. The number of hydrogen-bond donors (Lipinski definition) is 2. The lowest BCUT2D eigenvalue weighted by Crippen LogP contribution is -2.46. The summed E-state index contributed by atoms with van der Waals surface area (Å²) in [6, 6.07) is -0.0761. The lowest BCUT2D eigenvalue weighted by molar-refractivity contribution is 0.0860. The van der Waals surface area contributed by atoms with Gasteiger partial charge >= 0.3 is 6.03 Å². The molecule has 0 aliphatic carbocycles. The van der Waals surface area contributed by atoms with Gasteiger partial charge in [0.2, 0.25) is 0 Å². The molecule has 1 aromatic rings. The Labute approximate surface area is 113 Å². The molecule has 0 saturated carbocycles. The summed E-state index contributed by atoms with van der Waals surface area (Å²) < 4.78 is 7.30. The van der Waals surface area contributed by atoms with Crippen molar-refractivity contribution in [3.63, 3.8) is 0 Å². The normalized spacial score (nSPS) is 20.2. The largest absolute Gasteiger partial charge is 0.376 e. The topological polar surface area (TPSA) is 68.2 Å². The molecule has 0 spiro atoms. The van der Waals surface area contributed by atoms with Crippen molar-refractivity contribution in [2.24, 2.45) is 7.05 Å².